The van der Waals surface area contributed by atoms with E-state index in [0.717, 1.165) is 28.8 Å². The van der Waals surface area contributed by atoms with Crippen LogP contribution in [0.25, 0.3) is 11.0 Å². The highest BCUT2D eigenvalue weighted by Crippen LogP contribution is 2.42. The maximum Gasteiger partial charge on any atom is 0.124 e. The van der Waals surface area contributed by atoms with E-state index in [1.807, 2.05) is 6.07 Å². The lowest BCUT2D eigenvalue weighted by Crippen LogP contribution is -2.29. The van der Waals surface area contributed by atoms with Gasteiger partial charge in [0, 0.05) is 6.04 Å². The van der Waals surface area contributed by atoms with Crippen LogP contribution in [0.15, 0.2) is 24.3 Å². The number of hydrogen-bond acceptors (Lipinski definition) is 2. The highest BCUT2D eigenvalue weighted by molar-refractivity contribution is 5.74. The predicted octanol–water partition coefficient (Wildman–Crippen LogP) is 2.38. The SMILES string of the molecule is c1ccc2[nH]c([C@H]3N[C@@H]4CC[C@H]3C4)nc2c1. The fraction of sp³-hybridized carbons (Fsp3) is 0.462. The molecule has 3 atom stereocenters. The monoisotopic (exact) mass is 213 g/mol. The number of aromatic nitrogens is 2. The molecule has 2 bridgehead atoms. The molecular formula is C13H15N3. The summed E-state index contributed by atoms with van der Waals surface area (Å²) in [5.74, 6) is 1.93. The fourth-order valence-corrected chi connectivity index (χ4v) is 3.28. The number of H-pyrrole nitrogens is 1. The summed E-state index contributed by atoms with van der Waals surface area (Å²) in [5.41, 5.74) is 2.24. The molecule has 1 aromatic carbocycles. The minimum absolute atomic E-state index is 0.464. The van der Waals surface area contributed by atoms with E-state index in [1.165, 1.54) is 19.3 Å². The number of fused-ring (bicyclic) bond motifs is 3. The second-order valence-corrected chi connectivity index (χ2v) is 5.05. The molecule has 1 saturated heterocycles. The third-order valence-corrected chi connectivity index (χ3v) is 4.06. The Morgan fingerprint density at radius 2 is 2.12 bits per heavy atom. The summed E-state index contributed by atoms with van der Waals surface area (Å²) in [7, 11) is 0. The first-order valence-electron chi connectivity index (χ1n) is 6.11. The van der Waals surface area contributed by atoms with Crippen molar-refractivity contribution >= 4 is 11.0 Å². The molecule has 2 aromatic rings. The Balaban J connectivity index is 1.76. The molecule has 0 spiro atoms. The largest absolute Gasteiger partial charge is 0.341 e. The number of imidazole rings is 1. The van der Waals surface area contributed by atoms with Gasteiger partial charge in [0.05, 0.1) is 17.1 Å². The molecule has 82 valence electrons. The molecule has 2 heterocycles. The molecule has 0 radical (unpaired) electrons. The molecule has 1 aliphatic carbocycles. The van der Waals surface area contributed by atoms with Gasteiger partial charge in [-0.1, -0.05) is 12.1 Å². The molecule has 0 unspecified atom stereocenters. The minimum atomic E-state index is 0.464. The number of hydrogen-bond donors (Lipinski definition) is 2. The fourth-order valence-electron chi connectivity index (χ4n) is 3.28. The molecular weight excluding hydrogens is 198 g/mol. The van der Waals surface area contributed by atoms with Gasteiger partial charge >= 0.3 is 0 Å². The second kappa shape index (κ2) is 3.08. The van der Waals surface area contributed by atoms with E-state index in [1.54, 1.807) is 0 Å². The molecule has 3 nitrogen and oxygen atoms in total. The van der Waals surface area contributed by atoms with Gasteiger partial charge in [0.1, 0.15) is 5.82 Å². The first-order valence-corrected chi connectivity index (χ1v) is 6.11. The first-order chi connectivity index (χ1) is 7.90. The normalized spacial score (nSPS) is 32.6. The summed E-state index contributed by atoms with van der Waals surface area (Å²) < 4.78 is 0. The quantitative estimate of drug-likeness (QED) is 0.763. The van der Waals surface area contributed by atoms with Crippen LogP contribution in [0.4, 0.5) is 0 Å². The van der Waals surface area contributed by atoms with Crippen LogP contribution in [0.2, 0.25) is 0 Å². The highest BCUT2D eigenvalue weighted by atomic mass is 15.1. The maximum atomic E-state index is 4.70. The number of benzene rings is 1. The molecule has 1 saturated carbocycles. The van der Waals surface area contributed by atoms with E-state index in [4.69, 9.17) is 4.98 Å². The Hall–Kier alpha value is -1.35. The zero-order valence-electron chi connectivity index (χ0n) is 9.11. The van der Waals surface area contributed by atoms with Crippen LogP contribution in [0.5, 0.6) is 0 Å². The Morgan fingerprint density at radius 3 is 2.88 bits per heavy atom. The summed E-state index contributed by atoms with van der Waals surface area (Å²) >= 11 is 0. The number of piperidine rings is 1. The molecule has 4 rings (SSSR count). The van der Waals surface area contributed by atoms with Crippen molar-refractivity contribution in [3.8, 4) is 0 Å². The van der Waals surface area contributed by atoms with Crippen molar-refractivity contribution in [3.63, 3.8) is 0 Å². The van der Waals surface area contributed by atoms with Crippen LogP contribution in [0.3, 0.4) is 0 Å². The van der Waals surface area contributed by atoms with E-state index in [9.17, 15) is 0 Å². The molecule has 2 N–H and O–H groups in total. The highest BCUT2D eigenvalue weighted by Gasteiger charge is 2.41. The van der Waals surface area contributed by atoms with Gasteiger partial charge in [-0.25, -0.2) is 4.98 Å². The summed E-state index contributed by atoms with van der Waals surface area (Å²) in [6.45, 7) is 0. The van der Waals surface area contributed by atoms with E-state index < -0.39 is 0 Å². The molecule has 0 amide bonds. The van der Waals surface area contributed by atoms with Gasteiger partial charge in [0.25, 0.3) is 0 Å². The predicted molar refractivity (Wildman–Crippen MR) is 63.1 cm³/mol. The van der Waals surface area contributed by atoms with E-state index >= 15 is 0 Å². The molecule has 2 fully saturated rings. The Bertz CT molecular complexity index is 498. The first kappa shape index (κ1) is 8.76. The molecule has 2 aliphatic rings. The topological polar surface area (TPSA) is 40.7 Å². The number of rotatable bonds is 1. The van der Waals surface area contributed by atoms with Crippen LogP contribution >= 0.6 is 0 Å². The number of para-hydroxylation sites is 2. The van der Waals surface area contributed by atoms with Gasteiger partial charge in [-0.3, -0.25) is 0 Å². The molecule has 1 aromatic heterocycles. The standard InChI is InChI=1S/C13H15N3/c1-2-4-11-10(3-1)15-13(16-11)12-8-5-6-9(7-8)14-12/h1-4,8-9,12,14H,5-7H2,(H,15,16)/t8-,9+,12-/m0/s1. The van der Waals surface area contributed by atoms with Gasteiger partial charge < -0.3 is 10.3 Å². The molecule has 16 heavy (non-hydrogen) atoms. The van der Waals surface area contributed by atoms with E-state index in [2.05, 4.69) is 28.5 Å². The van der Waals surface area contributed by atoms with Crippen molar-refractivity contribution < 1.29 is 0 Å². The number of nitrogens with one attached hydrogen (secondary N) is 2. The van der Waals surface area contributed by atoms with Crippen LogP contribution in [0.1, 0.15) is 31.1 Å². The zero-order valence-corrected chi connectivity index (χ0v) is 9.11. The third-order valence-electron chi connectivity index (χ3n) is 4.06. The summed E-state index contributed by atoms with van der Waals surface area (Å²) in [4.78, 5) is 8.14. The van der Waals surface area contributed by atoms with Gasteiger partial charge in [-0.05, 0) is 37.3 Å². The second-order valence-electron chi connectivity index (χ2n) is 5.05. The maximum absolute atomic E-state index is 4.70. The van der Waals surface area contributed by atoms with Crippen molar-refractivity contribution in [2.45, 2.75) is 31.3 Å². The third kappa shape index (κ3) is 1.15. The van der Waals surface area contributed by atoms with Crippen LogP contribution in [-0.2, 0) is 0 Å². The van der Waals surface area contributed by atoms with Gasteiger partial charge in [0.15, 0.2) is 0 Å². The Kier molecular flexibility index (Phi) is 1.68. The van der Waals surface area contributed by atoms with Gasteiger partial charge in [-0.15, -0.1) is 0 Å². The summed E-state index contributed by atoms with van der Waals surface area (Å²) in [6.07, 6.45) is 4.04. The lowest BCUT2D eigenvalue weighted by Gasteiger charge is -2.20. The van der Waals surface area contributed by atoms with Crippen LogP contribution in [0, 0.1) is 5.92 Å². The van der Waals surface area contributed by atoms with Crippen molar-refractivity contribution in [2.24, 2.45) is 5.92 Å². The Labute approximate surface area is 94.3 Å². The number of nitrogens with zero attached hydrogens (tertiary/aromatic N) is 1. The lowest BCUT2D eigenvalue weighted by atomic mass is 10.00. The average molecular weight is 213 g/mol. The summed E-state index contributed by atoms with van der Waals surface area (Å²) in [5, 5.41) is 3.67. The van der Waals surface area contributed by atoms with Crippen molar-refractivity contribution in [1.82, 2.24) is 15.3 Å². The molecule has 3 heteroatoms. The lowest BCUT2D eigenvalue weighted by molar-refractivity contribution is 0.380. The smallest absolute Gasteiger partial charge is 0.124 e. The van der Waals surface area contributed by atoms with E-state index in [-0.39, 0.29) is 0 Å². The van der Waals surface area contributed by atoms with Gasteiger partial charge in [0.2, 0.25) is 0 Å². The van der Waals surface area contributed by atoms with Crippen molar-refractivity contribution in [2.75, 3.05) is 0 Å². The van der Waals surface area contributed by atoms with E-state index in [0.29, 0.717) is 6.04 Å². The Morgan fingerprint density at radius 1 is 1.19 bits per heavy atom. The van der Waals surface area contributed by atoms with Gasteiger partial charge in [-0.2, -0.15) is 0 Å². The van der Waals surface area contributed by atoms with Crippen molar-refractivity contribution in [3.05, 3.63) is 30.1 Å². The van der Waals surface area contributed by atoms with Crippen LogP contribution in [-0.4, -0.2) is 16.0 Å². The minimum Gasteiger partial charge on any atom is -0.341 e. The van der Waals surface area contributed by atoms with Crippen molar-refractivity contribution in [1.29, 1.82) is 0 Å². The zero-order chi connectivity index (χ0) is 10.5. The average Bonchev–Trinajstić information content (AvgIpc) is 3.02. The molecule has 1 aliphatic heterocycles. The van der Waals surface area contributed by atoms with Crippen LogP contribution < -0.4 is 5.32 Å². The summed E-state index contributed by atoms with van der Waals surface area (Å²) in [6, 6.07) is 9.47. The number of aromatic amines is 1.